The number of nitrogens with zero attached hydrogens (tertiary/aromatic N) is 1. The van der Waals surface area contributed by atoms with Crippen LogP contribution in [-0.2, 0) is 22.4 Å². The van der Waals surface area contributed by atoms with Crippen molar-refractivity contribution in [1.82, 2.24) is 4.98 Å². The van der Waals surface area contributed by atoms with E-state index >= 15 is 0 Å². The summed E-state index contributed by atoms with van der Waals surface area (Å²) in [6.45, 7) is 2.11. The largest absolute Gasteiger partial charge is 0.445 e. The van der Waals surface area contributed by atoms with Gasteiger partial charge >= 0.3 is 0 Å². The van der Waals surface area contributed by atoms with Gasteiger partial charge < -0.3 is 9.15 Å². The summed E-state index contributed by atoms with van der Waals surface area (Å²) in [6.07, 6.45) is 2.56. The van der Waals surface area contributed by atoms with E-state index in [-0.39, 0.29) is 5.78 Å². The first kappa shape index (κ1) is 9.92. The molecule has 1 rings (SSSR count). The van der Waals surface area contributed by atoms with Crippen LogP contribution in [0.2, 0.25) is 0 Å². The number of hydrogen-bond acceptors (Lipinski definition) is 4. The Kier molecular flexibility index (Phi) is 3.64. The lowest BCUT2D eigenvalue weighted by atomic mass is 10.3. The van der Waals surface area contributed by atoms with Gasteiger partial charge in [0.2, 0.25) is 0 Å². The van der Waals surface area contributed by atoms with Gasteiger partial charge in [0, 0.05) is 13.5 Å². The van der Waals surface area contributed by atoms with Crippen molar-refractivity contribution in [3.8, 4) is 0 Å². The monoisotopic (exact) mass is 183 g/mol. The standard InChI is InChI=1S/C9H13NO3/c1-7(11)5-8-6-10-9(13-8)3-4-12-2/h6H,3-5H2,1-2H3. The topological polar surface area (TPSA) is 52.3 Å². The van der Waals surface area contributed by atoms with Crippen molar-refractivity contribution in [2.75, 3.05) is 13.7 Å². The summed E-state index contributed by atoms with van der Waals surface area (Å²) >= 11 is 0. The average molecular weight is 183 g/mol. The van der Waals surface area contributed by atoms with Gasteiger partial charge in [0.1, 0.15) is 11.5 Å². The Hall–Kier alpha value is -1.16. The summed E-state index contributed by atoms with van der Waals surface area (Å²) < 4.78 is 10.2. The number of aromatic nitrogens is 1. The highest BCUT2D eigenvalue weighted by Crippen LogP contribution is 2.05. The van der Waals surface area contributed by atoms with E-state index in [2.05, 4.69) is 4.98 Å². The number of ketones is 1. The first-order valence-corrected chi connectivity index (χ1v) is 4.14. The van der Waals surface area contributed by atoms with E-state index < -0.39 is 0 Å². The Labute approximate surface area is 76.9 Å². The molecule has 0 amide bonds. The highest BCUT2D eigenvalue weighted by atomic mass is 16.5. The van der Waals surface area contributed by atoms with Crippen molar-refractivity contribution in [2.24, 2.45) is 0 Å². The third-order valence-corrected chi connectivity index (χ3v) is 1.54. The fraction of sp³-hybridized carbons (Fsp3) is 0.556. The van der Waals surface area contributed by atoms with Crippen molar-refractivity contribution in [3.63, 3.8) is 0 Å². The summed E-state index contributed by atoms with van der Waals surface area (Å²) in [5.74, 6) is 1.33. The van der Waals surface area contributed by atoms with Gasteiger partial charge in [0.25, 0.3) is 0 Å². The minimum Gasteiger partial charge on any atom is -0.445 e. The van der Waals surface area contributed by atoms with Crippen LogP contribution in [0.4, 0.5) is 0 Å². The van der Waals surface area contributed by atoms with Crippen LogP contribution in [0, 0.1) is 0 Å². The summed E-state index contributed by atoms with van der Waals surface area (Å²) in [5, 5.41) is 0. The lowest BCUT2D eigenvalue weighted by Crippen LogP contribution is -1.95. The average Bonchev–Trinajstić information content (AvgIpc) is 2.48. The molecular weight excluding hydrogens is 170 g/mol. The van der Waals surface area contributed by atoms with Gasteiger partial charge in [-0.2, -0.15) is 0 Å². The molecule has 1 aromatic heterocycles. The smallest absolute Gasteiger partial charge is 0.196 e. The number of rotatable bonds is 5. The molecule has 72 valence electrons. The summed E-state index contributed by atoms with van der Waals surface area (Å²) in [6, 6.07) is 0. The summed E-state index contributed by atoms with van der Waals surface area (Å²) in [5.41, 5.74) is 0. The first-order chi connectivity index (χ1) is 6.22. The van der Waals surface area contributed by atoms with E-state index in [1.165, 1.54) is 6.92 Å². The van der Waals surface area contributed by atoms with Crippen LogP contribution in [0.15, 0.2) is 10.6 Å². The van der Waals surface area contributed by atoms with Gasteiger partial charge in [-0.05, 0) is 6.92 Å². The molecule has 1 aromatic rings. The predicted octanol–water partition coefficient (Wildman–Crippen LogP) is 0.995. The zero-order valence-corrected chi connectivity index (χ0v) is 7.87. The molecule has 0 bridgehead atoms. The third kappa shape index (κ3) is 3.38. The molecule has 0 aromatic carbocycles. The Bertz CT molecular complexity index is 280. The Morgan fingerprint density at radius 2 is 2.46 bits per heavy atom. The van der Waals surface area contributed by atoms with E-state index in [0.717, 1.165) is 0 Å². The van der Waals surface area contributed by atoms with Gasteiger partial charge in [-0.15, -0.1) is 0 Å². The van der Waals surface area contributed by atoms with Crippen LogP contribution in [0.1, 0.15) is 18.6 Å². The molecule has 0 radical (unpaired) electrons. The Balaban J connectivity index is 2.48. The van der Waals surface area contributed by atoms with Gasteiger partial charge in [-0.25, -0.2) is 4.98 Å². The second-order valence-electron chi connectivity index (χ2n) is 2.84. The van der Waals surface area contributed by atoms with E-state index in [1.807, 2.05) is 0 Å². The number of carbonyl (C=O) groups is 1. The second-order valence-corrected chi connectivity index (χ2v) is 2.84. The Morgan fingerprint density at radius 3 is 3.08 bits per heavy atom. The molecule has 0 N–H and O–H groups in total. The summed E-state index contributed by atoms with van der Waals surface area (Å²) in [7, 11) is 1.62. The van der Waals surface area contributed by atoms with Gasteiger partial charge in [-0.3, -0.25) is 4.79 Å². The highest BCUT2D eigenvalue weighted by molar-refractivity contribution is 5.77. The zero-order valence-electron chi connectivity index (χ0n) is 7.87. The van der Waals surface area contributed by atoms with E-state index in [9.17, 15) is 4.79 Å². The molecule has 0 atom stereocenters. The van der Waals surface area contributed by atoms with Gasteiger partial charge in [-0.1, -0.05) is 0 Å². The fourth-order valence-corrected chi connectivity index (χ4v) is 0.980. The fourth-order valence-electron chi connectivity index (χ4n) is 0.980. The molecule has 0 aliphatic carbocycles. The lowest BCUT2D eigenvalue weighted by Gasteiger charge is -1.93. The minimum atomic E-state index is 0.0782. The van der Waals surface area contributed by atoms with Crippen molar-refractivity contribution in [2.45, 2.75) is 19.8 Å². The molecule has 0 aliphatic rings. The third-order valence-electron chi connectivity index (χ3n) is 1.54. The predicted molar refractivity (Wildman–Crippen MR) is 46.5 cm³/mol. The van der Waals surface area contributed by atoms with Crippen molar-refractivity contribution < 1.29 is 13.9 Å². The van der Waals surface area contributed by atoms with E-state index in [1.54, 1.807) is 13.3 Å². The number of carbonyl (C=O) groups excluding carboxylic acids is 1. The van der Waals surface area contributed by atoms with Crippen LogP contribution in [-0.4, -0.2) is 24.5 Å². The molecule has 4 heteroatoms. The molecule has 4 nitrogen and oxygen atoms in total. The van der Waals surface area contributed by atoms with Crippen molar-refractivity contribution in [1.29, 1.82) is 0 Å². The number of oxazole rings is 1. The molecule has 0 spiro atoms. The SMILES string of the molecule is COCCc1ncc(CC(C)=O)o1. The molecule has 13 heavy (non-hydrogen) atoms. The maximum Gasteiger partial charge on any atom is 0.196 e. The second kappa shape index (κ2) is 4.77. The van der Waals surface area contributed by atoms with Crippen LogP contribution in [0.3, 0.4) is 0 Å². The quantitative estimate of drug-likeness (QED) is 0.683. The van der Waals surface area contributed by atoms with Crippen molar-refractivity contribution >= 4 is 5.78 Å². The number of ether oxygens (including phenoxy) is 1. The normalized spacial score (nSPS) is 10.3. The number of hydrogen-bond donors (Lipinski definition) is 0. The molecule has 0 unspecified atom stereocenters. The zero-order chi connectivity index (χ0) is 9.68. The van der Waals surface area contributed by atoms with Crippen LogP contribution in [0.25, 0.3) is 0 Å². The maximum atomic E-state index is 10.7. The molecule has 0 fully saturated rings. The summed E-state index contributed by atoms with van der Waals surface area (Å²) in [4.78, 5) is 14.7. The minimum absolute atomic E-state index is 0.0782. The molecule has 1 heterocycles. The lowest BCUT2D eigenvalue weighted by molar-refractivity contribution is -0.116. The van der Waals surface area contributed by atoms with Crippen molar-refractivity contribution in [3.05, 3.63) is 17.8 Å². The Morgan fingerprint density at radius 1 is 1.69 bits per heavy atom. The molecule has 0 saturated carbocycles. The van der Waals surface area contributed by atoms with Crippen LogP contribution >= 0.6 is 0 Å². The molecular formula is C9H13NO3. The number of methoxy groups -OCH3 is 1. The van der Waals surface area contributed by atoms with Crippen LogP contribution in [0.5, 0.6) is 0 Å². The maximum absolute atomic E-state index is 10.7. The van der Waals surface area contributed by atoms with E-state index in [0.29, 0.717) is 31.1 Å². The first-order valence-electron chi connectivity index (χ1n) is 4.14. The number of Topliss-reactive ketones (excluding diaryl/α,β-unsaturated/α-hetero) is 1. The van der Waals surface area contributed by atoms with Gasteiger partial charge in [0.15, 0.2) is 5.89 Å². The van der Waals surface area contributed by atoms with Crippen LogP contribution < -0.4 is 0 Å². The highest BCUT2D eigenvalue weighted by Gasteiger charge is 2.05. The molecule has 0 saturated heterocycles. The van der Waals surface area contributed by atoms with E-state index in [4.69, 9.17) is 9.15 Å². The van der Waals surface area contributed by atoms with Gasteiger partial charge in [0.05, 0.1) is 19.2 Å². The molecule has 0 aliphatic heterocycles.